The first kappa shape index (κ1) is 52.3. The molecule has 6 rings (SSSR count). The summed E-state index contributed by atoms with van der Waals surface area (Å²) in [7, 11) is 0. The van der Waals surface area contributed by atoms with Crippen LogP contribution in [0.1, 0.15) is 163 Å². The predicted molar refractivity (Wildman–Crippen MR) is 263 cm³/mol. The van der Waals surface area contributed by atoms with Crippen LogP contribution in [-0.2, 0) is 29.8 Å². The molecule has 0 radical (unpaired) electrons. The molecule has 0 amide bonds. The minimum atomic E-state index is -0.753. The van der Waals surface area contributed by atoms with Crippen molar-refractivity contribution in [2.75, 3.05) is 0 Å². The molecular formula is C57H72O12. The molecule has 372 valence electrons. The molecule has 12 heteroatoms. The maximum absolute atomic E-state index is 12.5. The van der Waals surface area contributed by atoms with Crippen LogP contribution in [0.4, 0.5) is 19.2 Å². The number of carbonyl (C=O) groups excluding carboxylic acids is 4. The highest BCUT2D eigenvalue weighted by atomic mass is 16.7. The van der Waals surface area contributed by atoms with Crippen LogP contribution in [-0.4, -0.2) is 47.0 Å². The van der Waals surface area contributed by atoms with Crippen molar-refractivity contribution in [1.29, 1.82) is 0 Å². The van der Waals surface area contributed by atoms with Gasteiger partial charge in [0.15, 0.2) is 0 Å². The largest absolute Gasteiger partial charge is 0.514 e. The van der Waals surface area contributed by atoms with Gasteiger partial charge >= 0.3 is 24.6 Å². The van der Waals surface area contributed by atoms with Crippen LogP contribution in [0.3, 0.4) is 0 Å². The smallest absolute Gasteiger partial charge is 0.428 e. The Balaban J connectivity index is 1.18. The quantitative estimate of drug-likeness (QED) is 0.0848. The number of hydrogen-bond donors (Lipinski definition) is 0. The molecule has 0 aliphatic heterocycles. The predicted octanol–water partition coefficient (Wildman–Crippen LogP) is 15.0. The molecule has 4 aromatic rings. The summed E-state index contributed by atoms with van der Waals surface area (Å²) < 4.78 is 43.7. The number of carbonyl (C=O) groups is 4. The Morgan fingerprint density at radius 2 is 0.551 bits per heavy atom. The second-order valence-corrected chi connectivity index (χ2v) is 22.7. The van der Waals surface area contributed by atoms with Crippen LogP contribution in [0.5, 0.6) is 23.0 Å². The molecule has 2 aliphatic carbocycles. The molecule has 0 heterocycles. The first-order chi connectivity index (χ1) is 32.2. The average Bonchev–Trinajstić information content (AvgIpc) is 3.23. The van der Waals surface area contributed by atoms with Crippen molar-refractivity contribution in [3.05, 3.63) is 119 Å². The maximum atomic E-state index is 12.5. The van der Waals surface area contributed by atoms with Gasteiger partial charge in [0.2, 0.25) is 0 Å². The van der Waals surface area contributed by atoms with Gasteiger partial charge in [-0.3, -0.25) is 0 Å². The Bertz CT molecular complexity index is 2040. The second-order valence-electron chi connectivity index (χ2n) is 22.7. The lowest BCUT2D eigenvalue weighted by atomic mass is 9.60. The molecule has 0 atom stereocenters. The summed E-state index contributed by atoms with van der Waals surface area (Å²) in [5.41, 5.74) is 1.09. The van der Waals surface area contributed by atoms with Gasteiger partial charge in [-0.15, -0.1) is 0 Å². The van der Waals surface area contributed by atoms with E-state index in [-0.39, 0.29) is 10.8 Å². The van der Waals surface area contributed by atoms with Crippen LogP contribution < -0.4 is 18.9 Å². The SMILES string of the molecule is CC(C)(C)OC(=O)Oc1ccc(C2(c3ccc(OC(=O)OC(C)(C)C)cc3)CCC(CC3CCC(c4ccc(OC(=O)OC(C)(C)C)cc4)(c4ccc(OC(=O)OC(C)(C)C)cc4)CC3)CC2)cc1. The highest BCUT2D eigenvalue weighted by Gasteiger charge is 2.42. The topological polar surface area (TPSA) is 142 Å². The number of benzene rings is 4. The van der Waals surface area contributed by atoms with E-state index in [0.717, 1.165) is 80.0 Å². The fourth-order valence-electron chi connectivity index (χ4n) is 9.61. The van der Waals surface area contributed by atoms with E-state index >= 15 is 0 Å². The zero-order chi connectivity index (χ0) is 50.4. The van der Waals surface area contributed by atoms with Crippen LogP contribution in [0, 0.1) is 11.8 Å². The molecule has 69 heavy (non-hydrogen) atoms. The summed E-state index contributed by atoms with van der Waals surface area (Å²) in [6.45, 7) is 21.6. The zero-order valence-corrected chi connectivity index (χ0v) is 42.7. The van der Waals surface area contributed by atoms with Gasteiger partial charge in [0.25, 0.3) is 0 Å². The number of ether oxygens (including phenoxy) is 8. The van der Waals surface area contributed by atoms with Crippen LogP contribution in [0.2, 0.25) is 0 Å². The number of hydrogen-bond acceptors (Lipinski definition) is 12. The van der Waals surface area contributed by atoms with Gasteiger partial charge in [-0.05, 0) is 223 Å². The third-order valence-corrected chi connectivity index (χ3v) is 12.6. The first-order valence-electron chi connectivity index (χ1n) is 24.2. The lowest BCUT2D eigenvalue weighted by Crippen LogP contribution is -2.36. The average molecular weight is 949 g/mol. The maximum Gasteiger partial charge on any atom is 0.514 e. The Morgan fingerprint density at radius 1 is 0.362 bits per heavy atom. The van der Waals surface area contributed by atoms with E-state index in [0.29, 0.717) is 34.8 Å². The highest BCUT2D eigenvalue weighted by Crippen LogP contribution is 2.52. The van der Waals surface area contributed by atoms with Crippen LogP contribution in [0.15, 0.2) is 97.1 Å². The van der Waals surface area contributed by atoms with E-state index in [9.17, 15) is 19.2 Å². The summed E-state index contributed by atoms with van der Waals surface area (Å²) in [5, 5.41) is 0. The molecule has 0 spiro atoms. The van der Waals surface area contributed by atoms with Crippen LogP contribution >= 0.6 is 0 Å². The molecule has 12 nitrogen and oxygen atoms in total. The van der Waals surface area contributed by atoms with E-state index < -0.39 is 47.0 Å². The van der Waals surface area contributed by atoms with Gasteiger partial charge in [-0.1, -0.05) is 48.5 Å². The third kappa shape index (κ3) is 15.0. The summed E-state index contributed by atoms with van der Waals surface area (Å²) in [6.07, 6.45) is 5.80. The summed E-state index contributed by atoms with van der Waals surface area (Å²) in [6, 6.07) is 30.9. The molecule has 0 unspecified atom stereocenters. The van der Waals surface area contributed by atoms with Gasteiger partial charge in [0.1, 0.15) is 45.4 Å². The minimum absolute atomic E-state index is 0.328. The van der Waals surface area contributed by atoms with E-state index in [1.165, 1.54) is 0 Å². The molecule has 4 aromatic carbocycles. The molecule has 0 aromatic heterocycles. The first-order valence-corrected chi connectivity index (χ1v) is 24.2. The fourth-order valence-corrected chi connectivity index (χ4v) is 9.61. The lowest BCUT2D eigenvalue weighted by molar-refractivity contribution is 0.0192. The Labute approximate surface area is 408 Å². The highest BCUT2D eigenvalue weighted by molar-refractivity contribution is 5.66. The van der Waals surface area contributed by atoms with Crippen molar-refractivity contribution < 1.29 is 57.1 Å². The van der Waals surface area contributed by atoms with Gasteiger partial charge in [-0.25, -0.2) is 19.2 Å². The van der Waals surface area contributed by atoms with E-state index in [1.807, 2.05) is 97.1 Å². The molecule has 0 saturated heterocycles. The summed E-state index contributed by atoms with van der Waals surface area (Å²) in [5.74, 6) is 2.66. The normalized spacial score (nSPS) is 16.6. The Kier molecular flexibility index (Phi) is 15.9. The third-order valence-electron chi connectivity index (χ3n) is 12.6. The van der Waals surface area contributed by atoms with Gasteiger partial charge in [0.05, 0.1) is 0 Å². The van der Waals surface area contributed by atoms with Crippen LogP contribution in [0.25, 0.3) is 0 Å². The van der Waals surface area contributed by atoms with Gasteiger partial charge in [-0.2, -0.15) is 0 Å². The summed E-state index contributed by atoms with van der Waals surface area (Å²) >= 11 is 0. The van der Waals surface area contributed by atoms with Crippen molar-refractivity contribution in [2.45, 2.75) is 174 Å². The van der Waals surface area contributed by atoms with Crippen molar-refractivity contribution in [1.82, 2.24) is 0 Å². The summed E-state index contributed by atoms with van der Waals surface area (Å²) in [4.78, 5) is 50.0. The number of rotatable bonds is 10. The van der Waals surface area contributed by atoms with Gasteiger partial charge < -0.3 is 37.9 Å². The molecule has 0 N–H and O–H groups in total. The Hall–Kier alpha value is -6.04. The standard InChI is InChI=1S/C57H72O12/c1-52(2,3)66-48(58)62-44-21-13-40(14-22-44)56(41-15-23-45(24-16-41)63-49(59)67-53(4,5)6)33-29-38(30-34-56)37-39-31-35-57(36-32-39,42-17-25-46(26-18-42)64-50(60)68-54(7,8)9)43-19-27-47(28-20-43)65-51(61)69-55(10,11)12/h13-28,38-39H,29-37H2,1-12H3. The van der Waals surface area contributed by atoms with E-state index in [4.69, 9.17) is 37.9 Å². The molecule has 0 bridgehead atoms. The van der Waals surface area contributed by atoms with Crippen molar-refractivity contribution in [3.8, 4) is 23.0 Å². The van der Waals surface area contributed by atoms with E-state index in [1.54, 1.807) is 83.1 Å². The van der Waals surface area contributed by atoms with Crippen molar-refractivity contribution >= 4 is 24.6 Å². The van der Waals surface area contributed by atoms with Crippen molar-refractivity contribution in [2.24, 2.45) is 11.8 Å². The molecular weight excluding hydrogens is 877 g/mol. The molecule has 2 aliphatic rings. The molecule has 2 saturated carbocycles. The van der Waals surface area contributed by atoms with Gasteiger partial charge in [0, 0.05) is 10.8 Å². The fraction of sp³-hybridized carbons (Fsp3) is 0.509. The lowest BCUT2D eigenvalue weighted by Gasteiger charge is -2.44. The zero-order valence-electron chi connectivity index (χ0n) is 42.7. The minimum Gasteiger partial charge on any atom is -0.428 e. The second kappa shape index (κ2) is 20.9. The monoisotopic (exact) mass is 949 g/mol. The van der Waals surface area contributed by atoms with Crippen molar-refractivity contribution in [3.63, 3.8) is 0 Å². The Morgan fingerprint density at radius 3 is 0.725 bits per heavy atom. The van der Waals surface area contributed by atoms with E-state index in [2.05, 4.69) is 0 Å². The molecule has 2 fully saturated rings.